The fraction of sp³-hybridized carbons (Fsp3) is 0.385. The first kappa shape index (κ1) is 11.1. The summed E-state index contributed by atoms with van der Waals surface area (Å²) in [6, 6.07) is 0. The van der Waals surface area contributed by atoms with Crippen molar-refractivity contribution in [2.45, 2.75) is 31.4 Å². The van der Waals surface area contributed by atoms with Gasteiger partial charge in [-0.3, -0.25) is 0 Å². The molecule has 1 rings (SSSR count). The SMILES string of the molecule is C=CCC(BC1C=CC=C1)CC(=C)C. The van der Waals surface area contributed by atoms with Crippen molar-refractivity contribution in [3.8, 4) is 0 Å². The average molecular weight is 186 g/mol. The molecule has 14 heavy (non-hydrogen) atoms. The molecule has 74 valence electrons. The average Bonchev–Trinajstić information content (AvgIpc) is 2.56. The van der Waals surface area contributed by atoms with Gasteiger partial charge in [0.1, 0.15) is 7.28 Å². The second kappa shape index (κ2) is 5.69. The highest BCUT2D eigenvalue weighted by molar-refractivity contribution is 6.41. The lowest BCUT2D eigenvalue weighted by molar-refractivity contribution is 0.815. The molecule has 0 saturated carbocycles. The lowest BCUT2D eigenvalue weighted by atomic mass is 9.53. The van der Waals surface area contributed by atoms with Gasteiger partial charge in [0.2, 0.25) is 0 Å². The maximum Gasteiger partial charge on any atom is 0.138 e. The van der Waals surface area contributed by atoms with E-state index >= 15 is 0 Å². The van der Waals surface area contributed by atoms with Gasteiger partial charge in [0.05, 0.1) is 0 Å². The van der Waals surface area contributed by atoms with Gasteiger partial charge in [-0.15, -0.1) is 13.2 Å². The monoisotopic (exact) mass is 186 g/mol. The summed E-state index contributed by atoms with van der Waals surface area (Å²) in [6.07, 6.45) is 13.1. The Kier molecular flexibility index (Phi) is 4.51. The van der Waals surface area contributed by atoms with Crippen LogP contribution in [0.3, 0.4) is 0 Å². The number of hydrogen-bond donors (Lipinski definition) is 0. The van der Waals surface area contributed by atoms with Gasteiger partial charge in [-0.25, -0.2) is 0 Å². The summed E-state index contributed by atoms with van der Waals surface area (Å²) in [5.74, 6) is 1.35. The molecule has 0 amide bonds. The van der Waals surface area contributed by atoms with Crippen LogP contribution < -0.4 is 0 Å². The minimum absolute atomic E-state index is 0.638. The first-order valence-corrected chi connectivity index (χ1v) is 5.32. The van der Waals surface area contributed by atoms with Gasteiger partial charge >= 0.3 is 0 Å². The molecule has 1 heteroatoms. The van der Waals surface area contributed by atoms with E-state index in [9.17, 15) is 0 Å². The van der Waals surface area contributed by atoms with Crippen LogP contribution in [0.5, 0.6) is 0 Å². The van der Waals surface area contributed by atoms with E-state index in [4.69, 9.17) is 0 Å². The first-order valence-electron chi connectivity index (χ1n) is 5.32. The van der Waals surface area contributed by atoms with Crippen LogP contribution in [0.1, 0.15) is 19.8 Å². The predicted molar refractivity (Wildman–Crippen MR) is 67.2 cm³/mol. The second-order valence-corrected chi connectivity index (χ2v) is 4.22. The van der Waals surface area contributed by atoms with Gasteiger partial charge in [0.15, 0.2) is 0 Å². The Morgan fingerprint density at radius 3 is 2.64 bits per heavy atom. The van der Waals surface area contributed by atoms with E-state index in [1.54, 1.807) is 0 Å². The van der Waals surface area contributed by atoms with Crippen LogP contribution in [0, 0.1) is 0 Å². The highest BCUT2D eigenvalue weighted by Gasteiger charge is 2.15. The highest BCUT2D eigenvalue weighted by Crippen LogP contribution is 2.27. The van der Waals surface area contributed by atoms with Gasteiger partial charge < -0.3 is 0 Å². The first-order chi connectivity index (χ1) is 6.72. The summed E-state index contributed by atoms with van der Waals surface area (Å²) < 4.78 is 0. The number of rotatable bonds is 6. The summed E-state index contributed by atoms with van der Waals surface area (Å²) in [5.41, 5.74) is 1.28. The van der Waals surface area contributed by atoms with Crippen LogP contribution in [0.25, 0.3) is 0 Å². The van der Waals surface area contributed by atoms with Crippen LogP contribution in [0.4, 0.5) is 0 Å². The van der Waals surface area contributed by atoms with Crippen molar-refractivity contribution in [1.29, 1.82) is 0 Å². The standard InChI is InChI=1S/C13H19B/c1-4-7-13(10-11(2)3)14-12-8-5-6-9-12/h4-6,8-9,12-14H,1-2,7,10H2,3H3. The minimum atomic E-state index is 0.638. The van der Waals surface area contributed by atoms with E-state index in [2.05, 4.69) is 44.4 Å². The Hall–Kier alpha value is -0.975. The molecule has 0 aliphatic heterocycles. The third-order valence-corrected chi connectivity index (χ3v) is 2.57. The zero-order valence-electron chi connectivity index (χ0n) is 9.08. The maximum absolute atomic E-state index is 3.98. The largest absolute Gasteiger partial charge is 0.138 e. The number of hydrogen-bond acceptors (Lipinski definition) is 0. The Labute approximate surface area is 88.3 Å². The van der Waals surface area contributed by atoms with Crippen molar-refractivity contribution in [3.63, 3.8) is 0 Å². The topological polar surface area (TPSA) is 0 Å². The van der Waals surface area contributed by atoms with E-state index in [-0.39, 0.29) is 0 Å². The minimum Gasteiger partial charge on any atom is -0.103 e. The molecule has 0 heterocycles. The molecule has 0 bridgehead atoms. The van der Waals surface area contributed by atoms with Crippen molar-refractivity contribution in [3.05, 3.63) is 49.1 Å². The molecule has 0 fully saturated rings. The summed E-state index contributed by atoms with van der Waals surface area (Å²) in [6.45, 7) is 9.91. The quantitative estimate of drug-likeness (QED) is 0.438. The van der Waals surface area contributed by atoms with Gasteiger partial charge in [0, 0.05) is 0 Å². The van der Waals surface area contributed by atoms with Gasteiger partial charge in [-0.1, -0.05) is 41.8 Å². The van der Waals surface area contributed by atoms with Crippen LogP contribution >= 0.6 is 0 Å². The maximum atomic E-state index is 3.98. The van der Waals surface area contributed by atoms with Crippen molar-refractivity contribution in [2.24, 2.45) is 0 Å². The van der Waals surface area contributed by atoms with Crippen molar-refractivity contribution in [1.82, 2.24) is 0 Å². The van der Waals surface area contributed by atoms with Gasteiger partial charge in [0.25, 0.3) is 0 Å². The molecule has 0 nitrogen and oxygen atoms in total. The van der Waals surface area contributed by atoms with E-state index in [0.29, 0.717) is 11.6 Å². The molecular formula is C13H19B. The Bertz CT molecular complexity index is 248. The highest BCUT2D eigenvalue weighted by atomic mass is 14.0. The van der Waals surface area contributed by atoms with Crippen LogP contribution in [0.15, 0.2) is 49.1 Å². The Morgan fingerprint density at radius 1 is 1.50 bits per heavy atom. The fourth-order valence-electron chi connectivity index (χ4n) is 2.01. The normalized spacial score (nSPS) is 16.9. The van der Waals surface area contributed by atoms with Crippen LogP contribution in [-0.2, 0) is 0 Å². The zero-order valence-corrected chi connectivity index (χ0v) is 9.08. The molecule has 0 aromatic rings. The smallest absolute Gasteiger partial charge is 0.103 e. The van der Waals surface area contributed by atoms with Crippen molar-refractivity contribution < 1.29 is 0 Å². The summed E-state index contributed by atoms with van der Waals surface area (Å²) in [4.78, 5) is 0. The second-order valence-electron chi connectivity index (χ2n) is 4.22. The van der Waals surface area contributed by atoms with Crippen molar-refractivity contribution in [2.75, 3.05) is 0 Å². The molecule has 0 N–H and O–H groups in total. The molecule has 0 spiro atoms. The summed E-state index contributed by atoms with van der Waals surface area (Å²) in [7, 11) is 1.23. The third kappa shape index (κ3) is 3.82. The van der Waals surface area contributed by atoms with Gasteiger partial charge in [-0.2, -0.15) is 0 Å². The molecule has 1 unspecified atom stereocenters. The fourth-order valence-corrected chi connectivity index (χ4v) is 2.01. The number of allylic oxidation sites excluding steroid dienone is 6. The predicted octanol–water partition coefficient (Wildman–Crippen LogP) is 3.67. The van der Waals surface area contributed by atoms with Crippen LogP contribution in [-0.4, -0.2) is 7.28 Å². The van der Waals surface area contributed by atoms with Gasteiger partial charge in [-0.05, 0) is 25.6 Å². The summed E-state index contributed by atoms with van der Waals surface area (Å²) in [5, 5.41) is 0. The molecule has 1 aliphatic carbocycles. The molecular weight excluding hydrogens is 167 g/mol. The molecule has 1 atom stereocenters. The molecule has 0 saturated heterocycles. The van der Waals surface area contributed by atoms with E-state index < -0.39 is 0 Å². The Balaban J connectivity index is 2.41. The van der Waals surface area contributed by atoms with Crippen LogP contribution in [0.2, 0.25) is 11.6 Å². The lowest BCUT2D eigenvalue weighted by Gasteiger charge is -2.15. The molecule has 0 aromatic heterocycles. The molecule has 0 radical (unpaired) electrons. The molecule has 1 aliphatic rings. The van der Waals surface area contributed by atoms with Crippen molar-refractivity contribution >= 4 is 7.28 Å². The van der Waals surface area contributed by atoms with E-state index in [1.807, 2.05) is 6.08 Å². The van der Waals surface area contributed by atoms with E-state index in [0.717, 1.165) is 12.8 Å². The summed E-state index contributed by atoms with van der Waals surface area (Å²) >= 11 is 0. The zero-order chi connectivity index (χ0) is 10.4. The third-order valence-electron chi connectivity index (χ3n) is 2.57. The Morgan fingerprint density at radius 2 is 2.14 bits per heavy atom. The molecule has 0 aromatic carbocycles. The van der Waals surface area contributed by atoms with E-state index in [1.165, 1.54) is 12.9 Å². The lowest BCUT2D eigenvalue weighted by Crippen LogP contribution is -2.07.